The van der Waals surface area contributed by atoms with Crippen LogP contribution in [0.15, 0.2) is 0 Å². The molecule has 1 aliphatic rings. The maximum Gasteiger partial charge on any atom is 1.00 e. The molecule has 0 unspecified atom stereocenters. The summed E-state index contributed by atoms with van der Waals surface area (Å²) in [6.45, 7) is 1.80. The van der Waals surface area contributed by atoms with Gasteiger partial charge in [0, 0.05) is 5.97 Å². The van der Waals surface area contributed by atoms with Crippen molar-refractivity contribution in [3.8, 4) is 0 Å². The minimum absolute atomic E-state index is 0. The van der Waals surface area contributed by atoms with E-state index in [9.17, 15) is 9.90 Å². The van der Waals surface area contributed by atoms with Gasteiger partial charge in [-0.05, 0) is 6.42 Å². The first kappa shape index (κ1) is 15.9. The number of carbonyl (C=O) groups is 1. The Labute approximate surface area is 103 Å². The third-order valence-corrected chi connectivity index (χ3v) is 1.95. The molecular formula is C10H19NaO2. The summed E-state index contributed by atoms with van der Waals surface area (Å²) in [4.78, 5) is 9.49. The molecule has 0 radical (unpaired) electrons. The number of carbonyl (C=O) groups excluding carboxylic acids is 1. The van der Waals surface area contributed by atoms with E-state index in [4.69, 9.17) is 0 Å². The van der Waals surface area contributed by atoms with Crippen molar-refractivity contribution >= 4 is 5.97 Å². The third kappa shape index (κ3) is 15.2. The average Bonchev–Trinajstić information content (AvgIpc) is 2.08. The van der Waals surface area contributed by atoms with E-state index in [1.165, 1.54) is 38.5 Å². The summed E-state index contributed by atoms with van der Waals surface area (Å²) >= 11 is 0. The first-order chi connectivity index (χ1) is 5.77. The van der Waals surface area contributed by atoms with Gasteiger partial charge < -0.3 is 9.90 Å². The van der Waals surface area contributed by atoms with Gasteiger partial charge in [0.25, 0.3) is 0 Å². The molecule has 0 saturated heterocycles. The van der Waals surface area contributed by atoms with Gasteiger partial charge in [0.1, 0.15) is 0 Å². The minimum Gasteiger partial charge on any atom is -0.550 e. The van der Waals surface area contributed by atoms with Crippen molar-refractivity contribution in [2.24, 2.45) is 0 Å². The minimum atomic E-state index is -0.961. The molecule has 2 nitrogen and oxygen atoms in total. The van der Waals surface area contributed by atoms with Crippen LogP contribution in [0.2, 0.25) is 0 Å². The van der Waals surface area contributed by atoms with Gasteiger partial charge in [-0.25, -0.2) is 0 Å². The van der Waals surface area contributed by atoms with Gasteiger partial charge in [-0.15, -0.1) is 0 Å². The van der Waals surface area contributed by atoms with E-state index >= 15 is 0 Å². The van der Waals surface area contributed by atoms with Gasteiger partial charge >= 0.3 is 29.6 Å². The summed E-state index contributed by atoms with van der Waals surface area (Å²) in [5, 5.41) is 9.49. The van der Waals surface area contributed by atoms with Crippen molar-refractivity contribution in [1.29, 1.82) is 0 Å². The number of carboxylic acids is 1. The van der Waals surface area contributed by atoms with Crippen LogP contribution in [0.1, 0.15) is 58.3 Å². The maximum atomic E-state index is 9.49. The molecule has 3 heteroatoms. The normalized spacial score (nSPS) is 14.8. The van der Waals surface area contributed by atoms with Gasteiger partial charge in [0.2, 0.25) is 0 Å². The maximum absolute atomic E-state index is 9.49. The summed E-state index contributed by atoms with van der Waals surface area (Å²) in [5.41, 5.74) is 0. The number of hydrogen-bond donors (Lipinski definition) is 0. The third-order valence-electron chi connectivity index (χ3n) is 1.95. The molecule has 1 aliphatic carbocycles. The van der Waals surface area contributed by atoms with Crippen molar-refractivity contribution in [2.75, 3.05) is 0 Å². The molecule has 0 heterocycles. The molecule has 1 saturated carbocycles. The van der Waals surface area contributed by atoms with E-state index in [1.807, 2.05) is 0 Å². The molecule has 0 aliphatic heterocycles. The van der Waals surface area contributed by atoms with Gasteiger partial charge in [0.15, 0.2) is 0 Å². The van der Waals surface area contributed by atoms with Crippen LogP contribution in [0, 0.1) is 0 Å². The Morgan fingerprint density at radius 3 is 1.46 bits per heavy atom. The van der Waals surface area contributed by atoms with Crippen LogP contribution in [0.5, 0.6) is 0 Å². The van der Waals surface area contributed by atoms with Gasteiger partial charge in [-0.3, -0.25) is 0 Å². The molecule has 0 aromatic carbocycles. The summed E-state index contributed by atoms with van der Waals surface area (Å²) < 4.78 is 0. The molecule has 0 spiro atoms. The van der Waals surface area contributed by atoms with Crippen LogP contribution >= 0.6 is 0 Å². The molecule has 0 amide bonds. The van der Waals surface area contributed by atoms with Crippen molar-refractivity contribution in [3.63, 3.8) is 0 Å². The van der Waals surface area contributed by atoms with Crippen molar-refractivity contribution < 1.29 is 39.5 Å². The number of hydrogen-bond acceptors (Lipinski definition) is 2. The molecule has 0 bridgehead atoms. The molecule has 1 fully saturated rings. The predicted molar refractivity (Wildman–Crippen MR) is 47.6 cm³/mol. The van der Waals surface area contributed by atoms with E-state index in [2.05, 4.69) is 0 Å². The summed E-state index contributed by atoms with van der Waals surface area (Å²) in [7, 11) is 0. The summed E-state index contributed by atoms with van der Waals surface area (Å²) in [6.07, 6.45) is 9.85. The fourth-order valence-electron chi connectivity index (χ4n) is 1.26. The largest absolute Gasteiger partial charge is 1.00 e. The molecule has 0 atom stereocenters. The Bertz CT molecular complexity index is 100.0. The van der Waals surface area contributed by atoms with Crippen LogP contribution in [-0.2, 0) is 4.79 Å². The van der Waals surface area contributed by atoms with Crippen LogP contribution in [0.25, 0.3) is 0 Å². The SMILES string of the molecule is C1CCCCC1.CCCC(=O)[O-].[Na+]. The van der Waals surface area contributed by atoms with Gasteiger partial charge in [0.05, 0.1) is 0 Å². The zero-order valence-corrected chi connectivity index (χ0v) is 11.0. The molecule has 72 valence electrons. The zero-order chi connectivity index (χ0) is 9.23. The van der Waals surface area contributed by atoms with Crippen molar-refractivity contribution in [2.45, 2.75) is 58.3 Å². The van der Waals surface area contributed by atoms with E-state index in [-0.39, 0.29) is 36.0 Å². The van der Waals surface area contributed by atoms with E-state index in [0.717, 1.165) is 0 Å². The number of carboxylic acid groups (broad SMARTS) is 1. The Morgan fingerprint density at radius 2 is 1.38 bits per heavy atom. The zero-order valence-electron chi connectivity index (χ0n) is 8.97. The number of aliphatic carboxylic acids is 1. The topological polar surface area (TPSA) is 40.1 Å². The van der Waals surface area contributed by atoms with E-state index in [1.54, 1.807) is 6.92 Å². The van der Waals surface area contributed by atoms with E-state index in [0.29, 0.717) is 6.42 Å². The Balaban J connectivity index is 0. The second-order valence-electron chi connectivity index (χ2n) is 3.24. The van der Waals surface area contributed by atoms with E-state index < -0.39 is 5.97 Å². The van der Waals surface area contributed by atoms with Crippen LogP contribution in [0.4, 0.5) is 0 Å². The summed E-state index contributed by atoms with van der Waals surface area (Å²) in [5.74, 6) is -0.961. The van der Waals surface area contributed by atoms with Crippen LogP contribution < -0.4 is 34.7 Å². The first-order valence-electron chi connectivity index (χ1n) is 4.97. The molecular weight excluding hydrogens is 175 g/mol. The van der Waals surface area contributed by atoms with Crippen LogP contribution in [0.3, 0.4) is 0 Å². The first-order valence-corrected chi connectivity index (χ1v) is 4.97. The molecule has 0 N–H and O–H groups in total. The fourth-order valence-corrected chi connectivity index (χ4v) is 1.26. The quantitative estimate of drug-likeness (QED) is 0.522. The second-order valence-corrected chi connectivity index (χ2v) is 3.24. The average molecular weight is 194 g/mol. The molecule has 0 aromatic heterocycles. The number of rotatable bonds is 2. The monoisotopic (exact) mass is 194 g/mol. The fraction of sp³-hybridized carbons (Fsp3) is 0.900. The van der Waals surface area contributed by atoms with Gasteiger partial charge in [-0.2, -0.15) is 0 Å². The second kappa shape index (κ2) is 12.5. The van der Waals surface area contributed by atoms with Gasteiger partial charge in [-0.1, -0.05) is 51.9 Å². The molecule has 0 aromatic rings. The van der Waals surface area contributed by atoms with Crippen LogP contribution in [-0.4, -0.2) is 5.97 Å². The smallest absolute Gasteiger partial charge is 0.550 e. The molecule has 13 heavy (non-hydrogen) atoms. The predicted octanol–water partition coefficient (Wildman–Crippen LogP) is -1.12. The summed E-state index contributed by atoms with van der Waals surface area (Å²) in [6, 6.07) is 0. The van der Waals surface area contributed by atoms with Crippen molar-refractivity contribution in [3.05, 3.63) is 0 Å². The van der Waals surface area contributed by atoms with Crippen molar-refractivity contribution in [1.82, 2.24) is 0 Å². The standard InChI is InChI=1S/C6H12.C4H8O2.Na/c1-2-4-6-5-3-1;1-2-3-4(5)6;/h1-6H2;2-3H2,1H3,(H,5,6);/q;;+1/p-1. The Morgan fingerprint density at radius 1 is 1.08 bits per heavy atom. The Kier molecular flexibility index (Phi) is 15.3. The molecule has 1 rings (SSSR count). The Hall–Kier alpha value is 0.470.